The molecule has 4 rings (SSSR count). The van der Waals surface area contributed by atoms with Crippen LogP contribution in [0.25, 0.3) is 0 Å². The maximum atomic E-state index is 13.6. The Hall–Kier alpha value is -2.99. The van der Waals surface area contributed by atoms with Gasteiger partial charge in [0.25, 0.3) is 5.91 Å². The van der Waals surface area contributed by atoms with Gasteiger partial charge in [-0.1, -0.05) is 86.2 Å². The zero-order valence-electron chi connectivity index (χ0n) is 29.7. The summed E-state index contributed by atoms with van der Waals surface area (Å²) in [5, 5.41) is 14.5. The minimum atomic E-state index is -4.13. The molecule has 3 N–H and O–H groups in total. The normalized spacial score (nSPS) is 18.7. The number of aliphatic hydroxyl groups is 1. The van der Waals surface area contributed by atoms with Crippen molar-refractivity contribution in [2.24, 2.45) is 5.92 Å². The first kappa shape index (κ1) is 40.8. The molecule has 2 fully saturated rings. The molecule has 1 saturated carbocycles. The molecular weight excluding hydrogens is 697 g/mol. The Kier molecular flexibility index (Phi) is 16.7. The van der Waals surface area contributed by atoms with Crippen molar-refractivity contribution in [1.29, 1.82) is 0 Å². The van der Waals surface area contributed by atoms with Crippen LogP contribution in [-0.2, 0) is 39.4 Å². The monoisotopic (exact) mass is 749 g/mol. The van der Waals surface area contributed by atoms with E-state index in [9.17, 15) is 24.1 Å². The van der Waals surface area contributed by atoms with Gasteiger partial charge in [0, 0.05) is 30.5 Å². The van der Waals surface area contributed by atoms with Gasteiger partial charge in [-0.25, -0.2) is 10.3 Å². The molecule has 282 valence electrons. The smallest absolute Gasteiger partial charge is 0.408 e. The van der Waals surface area contributed by atoms with Crippen molar-refractivity contribution >= 4 is 37.1 Å². The van der Waals surface area contributed by atoms with Crippen LogP contribution in [0.15, 0.2) is 54.6 Å². The van der Waals surface area contributed by atoms with Crippen molar-refractivity contribution in [1.82, 2.24) is 15.7 Å². The highest BCUT2D eigenvalue weighted by atomic mass is 35.5. The molecule has 0 radical (unpaired) electrons. The van der Waals surface area contributed by atoms with E-state index in [1.54, 1.807) is 43.0 Å². The predicted octanol–water partition coefficient (Wildman–Crippen LogP) is 7.09. The lowest BCUT2D eigenvalue weighted by Crippen LogP contribution is -2.49. The predicted molar refractivity (Wildman–Crippen MR) is 194 cm³/mol. The van der Waals surface area contributed by atoms with Crippen molar-refractivity contribution in [3.8, 4) is 0 Å². The standard InChI is InChI=1S/C37H53ClN3O9P/c1-3-48-51(46,49-4-2)36(44)33(20-21-34(42)41-22-12-18-30(25-41)29-16-9-6-10-17-29)50-40-35(43)32(24-27-13-7-5-8-14-27)39-37(45)47-26-28-15-11-19-31(38)23-28/h6,9-11,15-17,19,23,27,30,32-33,36,44H,3-5,7-8,12-14,18,20-22,24-26H2,1-2H3,(H,39,45)(H,40,43)/t30?,32-,33?,36?/m0/s1. The van der Waals surface area contributed by atoms with E-state index in [1.807, 2.05) is 18.2 Å². The molecule has 14 heteroatoms. The third kappa shape index (κ3) is 12.9. The average Bonchev–Trinajstić information content (AvgIpc) is 3.14. The Morgan fingerprint density at radius 2 is 1.71 bits per heavy atom. The first-order chi connectivity index (χ1) is 24.6. The molecule has 0 bridgehead atoms. The summed E-state index contributed by atoms with van der Waals surface area (Å²) >= 11 is 6.05. The lowest BCUT2D eigenvalue weighted by Gasteiger charge is -2.34. The number of aliphatic hydroxyl groups excluding tert-OH is 1. The lowest BCUT2D eigenvalue weighted by atomic mass is 9.84. The number of carbonyl (C=O) groups is 3. The Morgan fingerprint density at radius 1 is 0.980 bits per heavy atom. The highest BCUT2D eigenvalue weighted by molar-refractivity contribution is 7.54. The van der Waals surface area contributed by atoms with Gasteiger partial charge in [0.2, 0.25) is 5.91 Å². The average molecular weight is 750 g/mol. The highest BCUT2D eigenvalue weighted by Crippen LogP contribution is 2.54. The summed E-state index contributed by atoms with van der Waals surface area (Å²) < 4.78 is 29.8. The number of hydrogen-bond donors (Lipinski definition) is 3. The van der Waals surface area contributed by atoms with Crippen molar-refractivity contribution < 1.29 is 42.7 Å². The summed E-state index contributed by atoms with van der Waals surface area (Å²) in [5.41, 5.74) is 4.25. The molecule has 51 heavy (non-hydrogen) atoms. The summed E-state index contributed by atoms with van der Waals surface area (Å²) in [6.07, 6.45) is 4.94. The lowest BCUT2D eigenvalue weighted by molar-refractivity contribution is -0.147. The number of piperidine rings is 1. The van der Waals surface area contributed by atoms with Crippen molar-refractivity contribution in [3.05, 3.63) is 70.7 Å². The van der Waals surface area contributed by atoms with E-state index in [0.29, 0.717) is 30.1 Å². The molecule has 0 aromatic heterocycles. The second kappa shape index (κ2) is 20.9. The Bertz CT molecular complexity index is 1440. The van der Waals surface area contributed by atoms with Crippen LogP contribution in [0.5, 0.6) is 0 Å². The van der Waals surface area contributed by atoms with Gasteiger partial charge in [-0.3, -0.25) is 19.0 Å². The van der Waals surface area contributed by atoms with Crippen LogP contribution in [0.1, 0.15) is 95.1 Å². The Morgan fingerprint density at radius 3 is 2.39 bits per heavy atom. The van der Waals surface area contributed by atoms with Gasteiger partial charge in [0.15, 0.2) is 5.85 Å². The van der Waals surface area contributed by atoms with Crippen LogP contribution in [-0.4, -0.2) is 72.2 Å². The Labute approximate surface area is 306 Å². The second-order valence-corrected chi connectivity index (χ2v) is 15.7. The topological polar surface area (TPSA) is 153 Å². The largest absolute Gasteiger partial charge is 0.445 e. The quantitative estimate of drug-likeness (QED) is 0.107. The minimum absolute atomic E-state index is 0.00825. The Balaban J connectivity index is 1.43. The number of carbonyl (C=O) groups excluding carboxylic acids is 3. The molecule has 3 amide bonds. The van der Waals surface area contributed by atoms with E-state index >= 15 is 0 Å². The van der Waals surface area contributed by atoms with Crippen LogP contribution in [0.3, 0.4) is 0 Å². The molecule has 12 nitrogen and oxygen atoms in total. The van der Waals surface area contributed by atoms with Gasteiger partial charge >= 0.3 is 13.7 Å². The van der Waals surface area contributed by atoms with E-state index in [0.717, 1.165) is 44.9 Å². The first-order valence-electron chi connectivity index (χ1n) is 18.1. The number of likely N-dealkylation sites (tertiary alicyclic amines) is 1. The molecule has 1 aliphatic heterocycles. The number of halogens is 1. The van der Waals surface area contributed by atoms with E-state index in [1.165, 1.54) is 5.56 Å². The molecule has 2 aromatic carbocycles. The molecule has 1 heterocycles. The molecule has 1 saturated heterocycles. The van der Waals surface area contributed by atoms with E-state index < -0.39 is 37.6 Å². The van der Waals surface area contributed by atoms with E-state index in [4.69, 9.17) is 30.2 Å². The number of hydrogen-bond acceptors (Lipinski definition) is 9. The zero-order valence-corrected chi connectivity index (χ0v) is 31.3. The fraction of sp³-hybridized carbons (Fsp3) is 0.595. The van der Waals surface area contributed by atoms with Crippen molar-refractivity contribution in [2.45, 2.75) is 109 Å². The number of benzene rings is 2. The summed E-state index contributed by atoms with van der Waals surface area (Å²) in [6.45, 7) is 4.34. The van der Waals surface area contributed by atoms with Gasteiger partial charge < -0.3 is 29.1 Å². The molecular formula is C37H53ClN3O9P. The molecule has 2 aliphatic rings. The van der Waals surface area contributed by atoms with Gasteiger partial charge in [0.1, 0.15) is 18.8 Å². The highest BCUT2D eigenvalue weighted by Gasteiger charge is 2.42. The summed E-state index contributed by atoms with van der Waals surface area (Å²) in [4.78, 5) is 47.6. The maximum absolute atomic E-state index is 13.6. The van der Waals surface area contributed by atoms with E-state index in [-0.39, 0.29) is 50.4 Å². The molecule has 2 aromatic rings. The van der Waals surface area contributed by atoms with Crippen molar-refractivity contribution in [3.63, 3.8) is 0 Å². The second-order valence-electron chi connectivity index (χ2n) is 13.2. The van der Waals surface area contributed by atoms with Crippen LogP contribution < -0.4 is 10.8 Å². The first-order valence-corrected chi connectivity index (χ1v) is 20.1. The number of ether oxygens (including phenoxy) is 1. The van der Waals surface area contributed by atoms with Gasteiger partial charge in [0.05, 0.1) is 13.2 Å². The molecule has 4 atom stereocenters. The van der Waals surface area contributed by atoms with Gasteiger partial charge in [-0.2, -0.15) is 0 Å². The number of rotatable bonds is 18. The van der Waals surface area contributed by atoms with Crippen LogP contribution in [0, 0.1) is 5.92 Å². The summed E-state index contributed by atoms with van der Waals surface area (Å²) in [5.74, 6) is -2.22. The third-order valence-electron chi connectivity index (χ3n) is 9.43. The number of alkyl carbamates (subject to hydrolysis) is 1. The number of hydroxylamine groups is 1. The number of amides is 3. The van der Waals surface area contributed by atoms with Crippen molar-refractivity contribution in [2.75, 3.05) is 26.3 Å². The SMILES string of the molecule is CCOP(=O)(OCC)C(O)C(CCC(=O)N1CCCC(c2ccccc2)C1)ONC(=O)[C@H](CC1CCCCC1)NC(=O)OCc1cccc(Cl)c1. The summed E-state index contributed by atoms with van der Waals surface area (Å²) in [6, 6.07) is 16.0. The number of nitrogens with zero attached hydrogens (tertiary/aromatic N) is 1. The fourth-order valence-corrected chi connectivity index (χ4v) is 8.73. The van der Waals surface area contributed by atoms with Crippen LogP contribution >= 0.6 is 19.2 Å². The number of nitrogens with one attached hydrogen (secondary N) is 2. The van der Waals surface area contributed by atoms with Crippen LogP contribution in [0.4, 0.5) is 4.79 Å². The molecule has 0 spiro atoms. The molecule has 3 unspecified atom stereocenters. The third-order valence-corrected chi connectivity index (χ3v) is 11.9. The fourth-order valence-electron chi connectivity index (χ4n) is 6.80. The maximum Gasteiger partial charge on any atom is 0.408 e. The zero-order chi connectivity index (χ0) is 36.6. The van der Waals surface area contributed by atoms with Gasteiger partial charge in [-0.05, 0) is 68.7 Å². The summed E-state index contributed by atoms with van der Waals surface area (Å²) in [7, 11) is -4.13. The minimum Gasteiger partial charge on any atom is -0.445 e. The van der Waals surface area contributed by atoms with Crippen LogP contribution in [0.2, 0.25) is 5.02 Å². The molecule has 1 aliphatic carbocycles. The van der Waals surface area contributed by atoms with Gasteiger partial charge in [-0.15, -0.1) is 0 Å². The van der Waals surface area contributed by atoms with E-state index in [2.05, 4.69) is 22.9 Å².